The van der Waals surface area contributed by atoms with E-state index in [1.165, 1.54) is 0 Å². The molecule has 0 aliphatic carbocycles. The van der Waals surface area contributed by atoms with Crippen LogP contribution in [0.3, 0.4) is 0 Å². The molecule has 0 radical (unpaired) electrons. The molecule has 1 heterocycles. The van der Waals surface area contributed by atoms with Crippen LogP contribution in [0, 0.1) is 10.1 Å². The fourth-order valence-corrected chi connectivity index (χ4v) is 0.776. The predicted molar refractivity (Wildman–Crippen MR) is 32.6 cm³/mol. The van der Waals surface area contributed by atoms with Crippen molar-refractivity contribution in [3.8, 4) is 0 Å². The van der Waals surface area contributed by atoms with E-state index >= 15 is 0 Å². The standard InChI is InChI=1S/C5H8N2O2/c8-7(9)5-1-3-6-4-2-5/h1,6H,2-4H2. The highest BCUT2D eigenvalue weighted by Gasteiger charge is 2.11. The zero-order valence-corrected chi connectivity index (χ0v) is 4.96. The third-order valence-electron chi connectivity index (χ3n) is 1.27. The van der Waals surface area contributed by atoms with Crippen LogP contribution in [-0.4, -0.2) is 18.0 Å². The summed E-state index contributed by atoms with van der Waals surface area (Å²) in [7, 11) is 0. The maximum Gasteiger partial charge on any atom is 0.244 e. The van der Waals surface area contributed by atoms with Gasteiger partial charge in [0, 0.05) is 19.2 Å². The lowest BCUT2D eigenvalue weighted by Gasteiger charge is -2.05. The molecule has 0 aromatic rings. The van der Waals surface area contributed by atoms with Crippen molar-refractivity contribution in [2.75, 3.05) is 13.1 Å². The van der Waals surface area contributed by atoms with Crippen molar-refractivity contribution in [3.05, 3.63) is 21.9 Å². The molecular formula is C5H8N2O2. The number of nitrogens with zero attached hydrogens (tertiary/aromatic N) is 1. The Hall–Kier alpha value is -0.900. The molecule has 9 heavy (non-hydrogen) atoms. The molecule has 50 valence electrons. The zero-order chi connectivity index (χ0) is 6.69. The summed E-state index contributed by atoms with van der Waals surface area (Å²) in [6.45, 7) is 1.36. The van der Waals surface area contributed by atoms with Gasteiger partial charge in [0.05, 0.1) is 11.3 Å². The number of rotatable bonds is 1. The van der Waals surface area contributed by atoms with Crippen LogP contribution < -0.4 is 5.32 Å². The third kappa shape index (κ3) is 1.50. The van der Waals surface area contributed by atoms with E-state index in [9.17, 15) is 10.1 Å². The predicted octanol–water partition coefficient (Wildman–Crippen LogP) is 0.140. The molecule has 1 N–H and O–H groups in total. The summed E-state index contributed by atoms with van der Waals surface area (Å²) >= 11 is 0. The number of nitro groups is 1. The van der Waals surface area contributed by atoms with Crippen LogP contribution in [0.15, 0.2) is 11.8 Å². The average molecular weight is 128 g/mol. The van der Waals surface area contributed by atoms with E-state index in [-0.39, 0.29) is 4.92 Å². The largest absolute Gasteiger partial charge is 0.312 e. The van der Waals surface area contributed by atoms with Gasteiger partial charge in [0.2, 0.25) is 5.70 Å². The summed E-state index contributed by atoms with van der Waals surface area (Å²) < 4.78 is 0. The molecule has 0 fully saturated rings. The van der Waals surface area contributed by atoms with Gasteiger partial charge in [-0.05, 0) is 0 Å². The molecule has 4 nitrogen and oxygen atoms in total. The molecule has 0 unspecified atom stereocenters. The van der Waals surface area contributed by atoms with Crippen LogP contribution in [0.2, 0.25) is 0 Å². The molecule has 1 rings (SSSR count). The summed E-state index contributed by atoms with van der Waals surface area (Å²) in [5.41, 5.74) is 0.341. The summed E-state index contributed by atoms with van der Waals surface area (Å²) in [5.74, 6) is 0. The van der Waals surface area contributed by atoms with E-state index in [1.54, 1.807) is 6.08 Å². The third-order valence-corrected chi connectivity index (χ3v) is 1.27. The van der Waals surface area contributed by atoms with E-state index in [4.69, 9.17) is 0 Å². The topological polar surface area (TPSA) is 55.2 Å². The zero-order valence-electron chi connectivity index (χ0n) is 4.96. The summed E-state index contributed by atoms with van der Waals surface area (Å²) in [6, 6.07) is 0. The normalized spacial score (nSPS) is 18.9. The lowest BCUT2D eigenvalue weighted by molar-refractivity contribution is -0.428. The first-order valence-electron chi connectivity index (χ1n) is 2.85. The average Bonchev–Trinajstić information content (AvgIpc) is 1.90. The summed E-state index contributed by atoms with van der Waals surface area (Å²) in [5, 5.41) is 13.1. The lowest BCUT2D eigenvalue weighted by Crippen LogP contribution is -2.22. The molecule has 0 atom stereocenters. The summed E-state index contributed by atoms with van der Waals surface area (Å²) in [6.07, 6.45) is 2.16. The van der Waals surface area contributed by atoms with Crippen molar-refractivity contribution < 1.29 is 4.92 Å². The van der Waals surface area contributed by atoms with Gasteiger partial charge in [-0.25, -0.2) is 0 Å². The fourth-order valence-electron chi connectivity index (χ4n) is 0.776. The first kappa shape index (κ1) is 6.22. The monoisotopic (exact) mass is 128 g/mol. The van der Waals surface area contributed by atoms with Crippen LogP contribution >= 0.6 is 0 Å². The Labute approximate surface area is 52.7 Å². The van der Waals surface area contributed by atoms with Crippen molar-refractivity contribution in [1.29, 1.82) is 0 Å². The van der Waals surface area contributed by atoms with Gasteiger partial charge in [0.15, 0.2) is 0 Å². The van der Waals surface area contributed by atoms with Gasteiger partial charge in [-0.15, -0.1) is 0 Å². The Kier molecular flexibility index (Phi) is 1.79. The highest BCUT2D eigenvalue weighted by atomic mass is 16.6. The first-order chi connectivity index (χ1) is 4.30. The van der Waals surface area contributed by atoms with Crippen LogP contribution in [0.4, 0.5) is 0 Å². The summed E-state index contributed by atoms with van der Waals surface area (Å²) in [4.78, 5) is 9.75. The Morgan fingerprint density at radius 3 is 2.89 bits per heavy atom. The molecule has 0 spiro atoms. The molecule has 0 saturated carbocycles. The van der Waals surface area contributed by atoms with Gasteiger partial charge in [-0.1, -0.05) is 0 Å². The molecule has 0 saturated heterocycles. The second-order valence-electron chi connectivity index (χ2n) is 1.91. The Balaban J connectivity index is 2.57. The highest BCUT2D eigenvalue weighted by Crippen LogP contribution is 2.02. The van der Waals surface area contributed by atoms with Crippen molar-refractivity contribution in [1.82, 2.24) is 5.32 Å². The smallest absolute Gasteiger partial charge is 0.244 e. The second-order valence-corrected chi connectivity index (χ2v) is 1.91. The number of hydrogen-bond acceptors (Lipinski definition) is 3. The quantitative estimate of drug-likeness (QED) is 0.403. The van der Waals surface area contributed by atoms with Crippen molar-refractivity contribution in [3.63, 3.8) is 0 Å². The molecule has 0 aromatic carbocycles. The van der Waals surface area contributed by atoms with E-state index in [2.05, 4.69) is 5.32 Å². The Morgan fingerprint density at radius 2 is 2.56 bits per heavy atom. The molecule has 1 aliphatic rings. The van der Waals surface area contributed by atoms with Gasteiger partial charge in [0.1, 0.15) is 0 Å². The lowest BCUT2D eigenvalue weighted by atomic mass is 10.2. The molecule has 1 aliphatic heterocycles. The number of hydrogen-bond donors (Lipinski definition) is 1. The maximum absolute atomic E-state index is 10.1. The first-order valence-corrected chi connectivity index (χ1v) is 2.85. The maximum atomic E-state index is 10.1. The van der Waals surface area contributed by atoms with Crippen LogP contribution in [-0.2, 0) is 0 Å². The van der Waals surface area contributed by atoms with E-state index < -0.39 is 0 Å². The highest BCUT2D eigenvalue weighted by molar-refractivity contribution is 4.97. The van der Waals surface area contributed by atoms with Gasteiger partial charge in [0.25, 0.3) is 0 Å². The molecule has 4 heteroatoms. The van der Waals surface area contributed by atoms with Crippen LogP contribution in [0.25, 0.3) is 0 Å². The van der Waals surface area contributed by atoms with Crippen molar-refractivity contribution in [2.45, 2.75) is 6.42 Å². The van der Waals surface area contributed by atoms with Gasteiger partial charge in [-0.2, -0.15) is 0 Å². The molecule has 0 aromatic heterocycles. The van der Waals surface area contributed by atoms with Gasteiger partial charge >= 0.3 is 0 Å². The number of nitrogens with one attached hydrogen (secondary N) is 1. The van der Waals surface area contributed by atoms with Gasteiger partial charge in [-0.3, -0.25) is 10.1 Å². The second kappa shape index (κ2) is 2.59. The molecule has 0 amide bonds. The van der Waals surface area contributed by atoms with Crippen LogP contribution in [0.1, 0.15) is 6.42 Å². The van der Waals surface area contributed by atoms with Crippen LogP contribution in [0.5, 0.6) is 0 Å². The van der Waals surface area contributed by atoms with Crippen molar-refractivity contribution >= 4 is 0 Å². The van der Waals surface area contributed by atoms with Gasteiger partial charge < -0.3 is 5.32 Å². The van der Waals surface area contributed by atoms with Crippen molar-refractivity contribution in [2.24, 2.45) is 0 Å². The van der Waals surface area contributed by atoms with E-state index in [1.807, 2.05) is 0 Å². The molecule has 0 bridgehead atoms. The fraction of sp³-hybridized carbons (Fsp3) is 0.600. The molecular weight excluding hydrogens is 120 g/mol. The van der Waals surface area contributed by atoms with E-state index in [0.29, 0.717) is 18.7 Å². The minimum Gasteiger partial charge on any atom is -0.312 e. The Morgan fingerprint density at radius 1 is 1.78 bits per heavy atom. The minimum atomic E-state index is -0.319. The van der Waals surface area contributed by atoms with E-state index in [0.717, 1.165) is 6.54 Å². The Bertz CT molecular complexity index is 153. The SMILES string of the molecule is O=[N+]([O-])C1=CCNCC1. The minimum absolute atomic E-state index is 0.319.